The number of hydrogen-bond donors (Lipinski definition) is 0. The molecule has 0 radical (unpaired) electrons. The summed E-state index contributed by atoms with van der Waals surface area (Å²) in [6, 6.07) is 0. The number of hydrogen-bond acceptors (Lipinski definition) is 6. The minimum absolute atomic E-state index is 0.0615. The number of unbranched alkanes of at least 4 members (excludes halogenated alkanes) is 58. The number of carbonyl (C=O) groups is 3. The van der Waals surface area contributed by atoms with Crippen molar-refractivity contribution in [2.75, 3.05) is 13.2 Å². The van der Waals surface area contributed by atoms with Crippen molar-refractivity contribution >= 4 is 17.9 Å². The number of carbonyl (C=O) groups excluding carboxylic acids is 3. The van der Waals surface area contributed by atoms with E-state index in [1.807, 2.05) is 0 Å². The van der Waals surface area contributed by atoms with Crippen LogP contribution in [-0.4, -0.2) is 37.2 Å². The van der Waals surface area contributed by atoms with Crippen molar-refractivity contribution in [1.82, 2.24) is 0 Å². The first kappa shape index (κ1) is 80.2. The normalized spacial score (nSPS) is 12.0. The lowest BCUT2D eigenvalue weighted by atomic mass is 10.0. The van der Waals surface area contributed by atoms with Crippen LogP contribution in [0.3, 0.4) is 0 Å². The minimum Gasteiger partial charge on any atom is -0.462 e. The van der Waals surface area contributed by atoms with Gasteiger partial charge in [0.05, 0.1) is 0 Å². The Morgan fingerprint density at radius 1 is 0.232 bits per heavy atom. The average molecular weight is 1160 g/mol. The Labute approximate surface area is 513 Å². The average Bonchev–Trinajstić information content (AvgIpc) is 3.47. The van der Waals surface area contributed by atoms with Crippen LogP contribution in [0.5, 0.6) is 0 Å². The van der Waals surface area contributed by atoms with E-state index in [1.54, 1.807) is 0 Å². The van der Waals surface area contributed by atoms with E-state index in [-0.39, 0.29) is 31.1 Å². The van der Waals surface area contributed by atoms with Crippen LogP contribution >= 0.6 is 0 Å². The second-order valence-corrected chi connectivity index (χ2v) is 25.9. The monoisotopic (exact) mass is 1160 g/mol. The summed E-state index contributed by atoms with van der Waals surface area (Å²) in [4.78, 5) is 38.5. The molecule has 0 aromatic rings. The maximum atomic E-state index is 13.0. The fourth-order valence-electron chi connectivity index (χ4n) is 11.9. The molecule has 6 nitrogen and oxygen atoms in total. The standard InChI is InChI=1S/C76H146O6/c1-4-7-10-13-16-19-22-25-28-30-32-33-34-35-36-37-38-39-40-41-42-43-44-46-48-51-54-57-60-63-66-69-75(78)81-72-73(71-80-74(77)68-65-62-59-56-53-50-47-27-24-21-18-15-12-9-6-3)82-76(79)70-67-64-61-58-55-52-49-45-31-29-26-23-20-17-14-11-8-5-2/h30,32,73H,4-29,31,33-72H2,1-3H3/b32-30-. The lowest BCUT2D eigenvalue weighted by Crippen LogP contribution is -2.30. The molecule has 486 valence electrons. The highest BCUT2D eigenvalue weighted by atomic mass is 16.6. The minimum atomic E-state index is -0.765. The van der Waals surface area contributed by atoms with Crippen LogP contribution in [0.15, 0.2) is 12.2 Å². The van der Waals surface area contributed by atoms with Crippen molar-refractivity contribution in [3.63, 3.8) is 0 Å². The Hall–Kier alpha value is -1.85. The molecule has 1 atom stereocenters. The molecular formula is C76H146O6. The van der Waals surface area contributed by atoms with Gasteiger partial charge in [0, 0.05) is 19.3 Å². The summed E-state index contributed by atoms with van der Waals surface area (Å²) in [5.74, 6) is -0.821. The van der Waals surface area contributed by atoms with Gasteiger partial charge in [0.1, 0.15) is 13.2 Å². The van der Waals surface area contributed by atoms with Crippen molar-refractivity contribution in [1.29, 1.82) is 0 Å². The third kappa shape index (κ3) is 68.9. The van der Waals surface area contributed by atoms with Gasteiger partial charge in [0.2, 0.25) is 0 Å². The summed E-state index contributed by atoms with van der Waals surface area (Å²) in [7, 11) is 0. The molecule has 0 rings (SSSR count). The molecule has 1 unspecified atom stereocenters. The van der Waals surface area contributed by atoms with Gasteiger partial charge in [0.25, 0.3) is 0 Å². The van der Waals surface area contributed by atoms with Crippen molar-refractivity contribution in [3.8, 4) is 0 Å². The zero-order chi connectivity index (χ0) is 59.2. The molecule has 0 heterocycles. The van der Waals surface area contributed by atoms with E-state index < -0.39 is 6.10 Å². The Balaban J connectivity index is 4.14. The molecular weight excluding hydrogens is 1010 g/mol. The SMILES string of the molecule is CCCCCCCCCC/C=C\CCCCCCCCCCCCCCCCCCCCCC(=O)OCC(COC(=O)CCCCCCCCCCCCCCCCC)OC(=O)CCCCCCCCCCCCCCCCCCCC. The molecule has 0 saturated carbocycles. The quantitative estimate of drug-likeness (QED) is 0.0261. The molecule has 0 bridgehead atoms. The van der Waals surface area contributed by atoms with Crippen LogP contribution in [-0.2, 0) is 28.6 Å². The summed E-state index contributed by atoms with van der Waals surface area (Å²) in [6.45, 7) is 6.74. The Bertz CT molecular complexity index is 1280. The van der Waals surface area contributed by atoms with E-state index in [4.69, 9.17) is 14.2 Å². The van der Waals surface area contributed by atoms with Crippen LogP contribution in [0, 0.1) is 0 Å². The van der Waals surface area contributed by atoms with Crippen molar-refractivity contribution in [2.24, 2.45) is 0 Å². The molecule has 0 saturated heterocycles. The number of rotatable bonds is 71. The Kier molecular flexibility index (Phi) is 70.0. The smallest absolute Gasteiger partial charge is 0.306 e. The van der Waals surface area contributed by atoms with Gasteiger partial charge in [-0.2, -0.15) is 0 Å². The van der Waals surface area contributed by atoms with Crippen LogP contribution in [0.25, 0.3) is 0 Å². The highest BCUT2D eigenvalue weighted by Crippen LogP contribution is 2.20. The van der Waals surface area contributed by atoms with Gasteiger partial charge in [-0.3, -0.25) is 14.4 Å². The van der Waals surface area contributed by atoms with Gasteiger partial charge in [-0.05, 0) is 44.9 Å². The maximum absolute atomic E-state index is 13.0. The molecule has 6 heteroatoms. The first-order chi connectivity index (χ1) is 40.5. The van der Waals surface area contributed by atoms with Crippen LogP contribution < -0.4 is 0 Å². The summed E-state index contributed by atoms with van der Waals surface area (Å²) in [6.07, 6.45) is 86.9. The van der Waals surface area contributed by atoms with Crippen molar-refractivity contribution in [2.45, 2.75) is 444 Å². The third-order valence-corrected chi connectivity index (χ3v) is 17.5. The van der Waals surface area contributed by atoms with Crippen LogP contribution in [0.1, 0.15) is 438 Å². The van der Waals surface area contributed by atoms with Gasteiger partial charge < -0.3 is 14.2 Å². The predicted molar refractivity (Wildman–Crippen MR) is 358 cm³/mol. The summed E-state index contributed by atoms with van der Waals surface area (Å²) >= 11 is 0. The first-order valence-electron chi connectivity index (χ1n) is 37.7. The highest BCUT2D eigenvalue weighted by molar-refractivity contribution is 5.71. The van der Waals surface area contributed by atoms with Gasteiger partial charge in [-0.15, -0.1) is 0 Å². The number of allylic oxidation sites excluding steroid dienone is 2. The fourth-order valence-corrected chi connectivity index (χ4v) is 11.9. The second kappa shape index (κ2) is 71.6. The zero-order valence-electron chi connectivity index (χ0n) is 56.1. The fraction of sp³-hybridized carbons (Fsp3) is 0.934. The molecule has 0 N–H and O–H groups in total. The van der Waals surface area contributed by atoms with Crippen LogP contribution in [0.2, 0.25) is 0 Å². The number of esters is 3. The third-order valence-electron chi connectivity index (χ3n) is 17.5. The molecule has 0 aromatic carbocycles. The molecule has 0 aliphatic carbocycles. The van der Waals surface area contributed by atoms with Crippen molar-refractivity contribution < 1.29 is 28.6 Å². The van der Waals surface area contributed by atoms with E-state index in [0.29, 0.717) is 19.3 Å². The van der Waals surface area contributed by atoms with Gasteiger partial charge >= 0.3 is 17.9 Å². The largest absolute Gasteiger partial charge is 0.462 e. The van der Waals surface area contributed by atoms with E-state index in [1.165, 1.54) is 340 Å². The topological polar surface area (TPSA) is 78.9 Å². The predicted octanol–water partition coefficient (Wildman–Crippen LogP) is 26.0. The molecule has 0 aliphatic heterocycles. The summed E-state index contributed by atoms with van der Waals surface area (Å²) in [5.41, 5.74) is 0. The molecule has 0 fully saturated rings. The molecule has 0 aliphatic rings. The lowest BCUT2D eigenvalue weighted by molar-refractivity contribution is -0.167. The molecule has 0 spiro atoms. The van der Waals surface area contributed by atoms with Crippen LogP contribution in [0.4, 0.5) is 0 Å². The molecule has 0 amide bonds. The van der Waals surface area contributed by atoms with Gasteiger partial charge in [-0.25, -0.2) is 0 Å². The zero-order valence-corrected chi connectivity index (χ0v) is 56.1. The van der Waals surface area contributed by atoms with Crippen molar-refractivity contribution in [3.05, 3.63) is 12.2 Å². The van der Waals surface area contributed by atoms with E-state index in [0.717, 1.165) is 57.8 Å². The van der Waals surface area contributed by atoms with E-state index in [9.17, 15) is 14.4 Å². The van der Waals surface area contributed by atoms with Gasteiger partial charge in [0.15, 0.2) is 6.10 Å². The Morgan fingerprint density at radius 3 is 0.610 bits per heavy atom. The molecule has 82 heavy (non-hydrogen) atoms. The highest BCUT2D eigenvalue weighted by Gasteiger charge is 2.20. The first-order valence-corrected chi connectivity index (χ1v) is 37.7. The number of ether oxygens (including phenoxy) is 3. The molecule has 0 aromatic heterocycles. The maximum Gasteiger partial charge on any atom is 0.306 e. The van der Waals surface area contributed by atoms with E-state index >= 15 is 0 Å². The second-order valence-electron chi connectivity index (χ2n) is 25.9. The summed E-state index contributed by atoms with van der Waals surface area (Å²) in [5, 5.41) is 0. The van der Waals surface area contributed by atoms with E-state index in [2.05, 4.69) is 32.9 Å². The lowest BCUT2D eigenvalue weighted by Gasteiger charge is -2.18. The van der Waals surface area contributed by atoms with Gasteiger partial charge in [-0.1, -0.05) is 386 Å². The summed E-state index contributed by atoms with van der Waals surface area (Å²) < 4.78 is 17.0. The Morgan fingerprint density at radius 2 is 0.402 bits per heavy atom.